The third-order valence-corrected chi connectivity index (χ3v) is 3.82. The summed E-state index contributed by atoms with van der Waals surface area (Å²) in [5.74, 6) is 0.248. The van der Waals surface area contributed by atoms with Crippen molar-refractivity contribution >= 4 is 21.6 Å². The van der Waals surface area contributed by atoms with Gasteiger partial charge in [0.1, 0.15) is 17.8 Å². The van der Waals surface area contributed by atoms with Crippen molar-refractivity contribution in [2.24, 2.45) is 0 Å². The smallest absolute Gasteiger partial charge is 0.163 e. The monoisotopic (exact) mass is 360 g/mol. The summed E-state index contributed by atoms with van der Waals surface area (Å²) in [7, 11) is 3.96. The van der Waals surface area contributed by atoms with Gasteiger partial charge >= 0.3 is 0 Å². The predicted octanol–water partition coefficient (Wildman–Crippen LogP) is 3.90. The van der Waals surface area contributed by atoms with Crippen molar-refractivity contribution in [2.45, 2.75) is 0 Å². The van der Waals surface area contributed by atoms with Crippen molar-refractivity contribution in [3.63, 3.8) is 0 Å². The van der Waals surface area contributed by atoms with E-state index >= 15 is 0 Å². The second-order valence-corrected chi connectivity index (χ2v) is 5.95. The molecule has 3 aromatic rings. The summed E-state index contributed by atoms with van der Waals surface area (Å²) < 4.78 is 16.3. The van der Waals surface area contributed by atoms with Gasteiger partial charge in [0.05, 0.1) is 0 Å². The van der Waals surface area contributed by atoms with Crippen LogP contribution in [0.4, 0.5) is 10.1 Å². The van der Waals surface area contributed by atoms with Gasteiger partial charge < -0.3 is 4.90 Å². The van der Waals surface area contributed by atoms with Gasteiger partial charge in [-0.1, -0.05) is 15.9 Å². The summed E-state index contributed by atoms with van der Waals surface area (Å²) >= 11 is 3.25. The summed E-state index contributed by atoms with van der Waals surface area (Å²) in [4.78, 5) is 6.28. The lowest BCUT2D eigenvalue weighted by atomic mass is 10.2. The third-order valence-electron chi connectivity index (χ3n) is 3.33. The number of aromatic nitrogens is 3. The lowest BCUT2D eigenvalue weighted by Crippen LogP contribution is -2.08. The van der Waals surface area contributed by atoms with Crippen molar-refractivity contribution in [1.29, 1.82) is 0 Å². The molecule has 0 fully saturated rings. The van der Waals surface area contributed by atoms with Gasteiger partial charge in [-0.3, -0.25) is 0 Å². The molecule has 0 radical (unpaired) electrons. The summed E-state index contributed by atoms with van der Waals surface area (Å²) in [6, 6.07) is 12.7. The molecule has 0 aliphatic rings. The molecular formula is C16H14BrFN4. The minimum atomic E-state index is -0.356. The van der Waals surface area contributed by atoms with Gasteiger partial charge in [0, 0.05) is 29.8 Å². The molecule has 4 nitrogen and oxygen atoms in total. The van der Waals surface area contributed by atoms with Crippen molar-refractivity contribution in [1.82, 2.24) is 14.8 Å². The molecule has 0 unspecified atom stereocenters. The number of hydrogen-bond acceptors (Lipinski definition) is 3. The van der Waals surface area contributed by atoms with Crippen LogP contribution in [-0.2, 0) is 0 Å². The van der Waals surface area contributed by atoms with Crippen LogP contribution < -0.4 is 4.90 Å². The van der Waals surface area contributed by atoms with E-state index in [4.69, 9.17) is 0 Å². The fraction of sp³-hybridized carbons (Fsp3) is 0.125. The van der Waals surface area contributed by atoms with Crippen LogP contribution >= 0.6 is 15.9 Å². The van der Waals surface area contributed by atoms with Gasteiger partial charge in [0.25, 0.3) is 0 Å². The van der Waals surface area contributed by atoms with Gasteiger partial charge in [-0.2, -0.15) is 5.10 Å². The molecule has 22 heavy (non-hydrogen) atoms. The van der Waals surface area contributed by atoms with Crippen LogP contribution in [0.3, 0.4) is 0 Å². The summed E-state index contributed by atoms with van der Waals surface area (Å²) in [6.45, 7) is 0. The summed E-state index contributed by atoms with van der Waals surface area (Å²) in [5, 5.41) is 4.15. The number of nitrogens with zero attached hydrogens (tertiary/aromatic N) is 4. The molecular weight excluding hydrogens is 347 g/mol. The van der Waals surface area contributed by atoms with Crippen LogP contribution in [0.15, 0.2) is 53.3 Å². The Hall–Kier alpha value is -2.21. The zero-order valence-electron chi connectivity index (χ0n) is 12.2. The molecule has 0 amide bonds. The minimum Gasteiger partial charge on any atom is -0.378 e. The topological polar surface area (TPSA) is 34.0 Å². The van der Waals surface area contributed by atoms with Crippen LogP contribution in [0.5, 0.6) is 0 Å². The molecule has 2 aromatic carbocycles. The first-order valence-electron chi connectivity index (χ1n) is 6.69. The van der Waals surface area contributed by atoms with E-state index in [-0.39, 0.29) is 5.82 Å². The molecule has 6 heteroatoms. The Bertz CT molecular complexity index is 796. The van der Waals surface area contributed by atoms with Gasteiger partial charge in [0.2, 0.25) is 0 Å². The average Bonchev–Trinajstić information content (AvgIpc) is 2.96. The normalized spacial score (nSPS) is 10.7. The molecule has 0 bridgehead atoms. The molecule has 0 aliphatic heterocycles. The van der Waals surface area contributed by atoms with Crippen LogP contribution in [-0.4, -0.2) is 28.9 Å². The lowest BCUT2D eigenvalue weighted by molar-refractivity contribution is 0.610. The fourth-order valence-corrected chi connectivity index (χ4v) is 2.51. The second-order valence-electron chi connectivity index (χ2n) is 5.03. The molecule has 0 saturated carbocycles. The van der Waals surface area contributed by atoms with Crippen LogP contribution in [0.1, 0.15) is 0 Å². The van der Waals surface area contributed by atoms with E-state index in [0.29, 0.717) is 16.0 Å². The molecule has 0 atom stereocenters. The largest absolute Gasteiger partial charge is 0.378 e. The van der Waals surface area contributed by atoms with Crippen molar-refractivity contribution < 1.29 is 4.39 Å². The van der Waals surface area contributed by atoms with E-state index in [1.165, 1.54) is 17.1 Å². The van der Waals surface area contributed by atoms with E-state index in [1.54, 1.807) is 12.1 Å². The van der Waals surface area contributed by atoms with Gasteiger partial charge in [-0.15, -0.1) is 0 Å². The Labute approximate surface area is 136 Å². The molecule has 1 aromatic heterocycles. The molecule has 112 valence electrons. The molecule has 0 saturated heterocycles. The van der Waals surface area contributed by atoms with Crippen LogP contribution in [0.2, 0.25) is 0 Å². The highest BCUT2D eigenvalue weighted by Gasteiger charge is 2.13. The number of anilines is 1. The summed E-state index contributed by atoms with van der Waals surface area (Å²) in [6.07, 6.45) is 1.43. The van der Waals surface area contributed by atoms with Gasteiger partial charge in [-0.05, 0) is 42.5 Å². The van der Waals surface area contributed by atoms with E-state index < -0.39 is 0 Å². The molecule has 0 N–H and O–H groups in total. The predicted molar refractivity (Wildman–Crippen MR) is 88.8 cm³/mol. The SMILES string of the molecule is CN(C)c1ccc(-c2ncnn2-c2ccc(Br)cc2F)cc1. The Morgan fingerprint density at radius 3 is 2.45 bits per heavy atom. The number of halogens is 2. The van der Waals surface area contributed by atoms with Crippen molar-refractivity contribution in [2.75, 3.05) is 19.0 Å². The second kappa shape index (κ2) is 5.88. The highest BCUT2D eigenvalue weighted by Crippen LogP contribution is 2.25. The third kappa shape index (κ3) is 2.74. The number of benzene rings is 2. The van der Waals surface area contributed by atoms with E-state index in [2.05, 4.69) is 26.0 Å². The minimum absolute atomic E-state index is 0.356. The standard InChI is InChI=1S/C16H14BrFN4/c1-21(2)13-6-3-11(4-7-13)16-19-10-20-22(16)15-8-5-12(17)9-14(15)18/h3-10H,1-2H3. The van der Waals surface area contributed by atoms with Gasteiger partial charge in [0.15, 0.2) is 5.82 Å². The highest BCUT2D eigenvalue weighted by atomic mass is 79.9. The maximum atomic E-state index is 14.2. The Balaban J connectivity index is 2.05. The summed E-state index contributed by atoms with van der Waals surface area (Å²) in [5.41, 5.74) is 2.34. The molecule has 0 aliphatic carbocycles. The first-order valence-corrected chi connectivity index (χ1v) is 7.49. The first kappa shape index (κ1) is 14.7. The number of hydrogen-bond donors (Lipinski definition) is 0. The Kier molecular flexibility index (Phi) is 3.94. The number of rotatable bonds is 3. The fourth-order valence-electron chi connectivity index (χ4n) is 2.18. The maximum Gasteiger partial charge on any atom is 0.163 e. The van der Waals surface area contributed by atoms with Crippen molar-refractivity contribution in [3.05, 3.63) is 59.1 Å². The Morgan fingerprint density at radius 1 is 1.09 bits per heavy atom. The van der Waals surface area contributed by atoms with Crippen LogP contribution in [0, 0.1) is 5.82 Å². The van der Waals surface area contributed by atoms with Gasteiger partial charge in [-0.25, -0.2) is 14.1 Å². The zero-order valence-corrected chi connectivity index (χ0v) is 13.7. The first-order chi connectivity index (χ1) is 10.6. The zero-order chi connectivity index (χ0) is 15.7. The molecule has 0 spiro atoms. The van der Waals surface area contributed by atoms with E-state index in [0.717, 1.165) is 11.3 Å². The quantitative estimate of drug-likeness (QED) is 0.710. The molecule has 3 rings (SSSR count). The molecule has 1 heterocycles. The van der Waals surface area contributed by atoms with Crippen molar-refractivity contribution in [3.8, 4) is 17.1 Å². The van der Waals surface area contributed by atoms with E-state index in [9.17, 15) is 4.39 Å². The highest BCUT2D eigenvalue weighted by molar-refractivity contribution is 9.10. The maximum absolute atomic E-state index is 14.2. The van der Waals surface area contributed by atoms with Crippen LogP contribution in [0.25, 0.3) is 17.1 Å². The lowest BCUT2D eigenvalue weighted by Gasteiger charge is -2.13. The average molecular weight is 361 g/mol. The van der Waals surface area contributed by atoms with E-state index in [1.807, 2.05) is 43.3 Å². The Morgan fingerprint density at radius 2 is 1.82 bits per heavy atom.